The first-order chi connectivity index (χ1) is 22.2. The highest BCUT2D eigenvalue weighted by Crippen LogP contribution is 2.44. The number of hydrogen-bond donors (Lipinski definition) is 2. The predicted octanol–water partition coefficient (Wildman–Crippen LogP) is 4.51. The minimum absolute atomic E-state index is 0.00266. The molecular weight excluding hydrogens is 664 g/mol. The lowest BCUT2D eigenvalue weighted by molar-refractivity contribution is -0.196. The predicted molar refractivity (Wildman–Crippen MR) is 148 cm³/mol. The molecule has 2 aliphatic heterocycles. The second kappa shape index (κ2) is 12.2. The van der Waals surface area contributed by atoms with Gasteiger partial charge in [0.05, 0.1) is 24.5 Å². The first kappa shape index (κ1) is 32.9. The number of carbonyl (C=O) groups is 1. The van der Waals surface area contributed by atoms with Crippen molar-refractivity contribution in [3.05, 3.63) is 81.9 Å². The maximum atomic E-state index is 14.2. The lowest BCUT2D eigenvalue weighted by Gasteiger charge is -2.41. The van der Waals surface area contributed by atoms with E-state index in [1.165, 1.54) is 13.8 Å². The Labute approximate surface area is 266 Å². The van der Waals surface area contributed by atoms with Gasteiger partial charge in [-0.25, -0.2) is 27.6 Å². The Hall–Kier alpha value is -4.03. The van der Waals surface area contributed by atoms with Gasteiger partial charge in [0.1, 0.15) is 42.4 Å². The Morgan fingerprint density at radius 1 is 1.11 bits per heavy atom. The Kier molecular flexibility index (Phi) is 8.54. The molecule has 0 amide bonds. The number of halogens is 7. The first-order valence-electron chi connectivity index (χ1n) is 14.0. The Bertz CT molecular complexity index is 1830. The highest BCUT2D eigenvalue weighted by atomic mass is 35.5. The molecule has 4 unspecified atom stereocenters. The van der Waals surface area contributed by atoms with Crippen LogP contribution in [0.2, 0.25) is 5.02 Å². The number of aliphatic hydroxyl groups excluding tert-OH is 2. The van der Waals surface area contributed by atoms with Crippen molar-refractivity contribution in [1.82, 2.24) is 24.5 Å². The number of benzene rings is 2. The molecule has 4 aromatic rings. The van der Waals surface area contributed by atoms with E-state index in [0.717, 1.165) is 33.8 Å². The fourth-order valence-corrected chi connectivity index (χ4v) is 5.92. The first-order valence-corrected chi connectivity index (χ1v) is 14.4. The number of esters is 1. The molecule has 0 spiro atoms. The number of aliphatic hydroxyl groups is 2. The molecule has 0 aliphatic carbocycles. The van der Waals surface area contributed by atoms with E-state index in [-0.39, 0.29) is 41.0 Å². The van der Waals surface area contributed by atoms with Crippen LogP contribution in [0.5, 0.6) is 0 Å². The SMILES string of the molecule is CCOC(=O)c1nn(C2C(O)[C@H](c3nc(C)nn3-c3cc(Cl)ccc3C(F)(F)F)OC3C(O)CO[C@@H]32)cc1-c1cc(F)c(F)c(F)c1. The third-order valence-electron chi connectivity index (χ3n) is 7.75. The molecule has 2 aromatic heterocycles. The topological polar surface area (TPSA) is 134 Å². The van der Waals surface area contributed by atoms with Crippen molar-refractivity contribution >= 4 is 17.6 Å². The zero-order valence-corrected chi connectivity index (χ0v) is 25.0. The largest absolute Gasteiger partial charge is 0.461 e. The summed E-state index contributed by atoms with van der Waals surface area (Å²) in [6.07, 6.45) is -10.7. The average molecular weight is 688 g/mol. The van der Waals surface area contributed by atoms with Crippen molar-refractivity contribution in [3.63, 3.8) is 0 Å². The standard InChI is InChI=1S/C29H24ClF6N5O6/c1-3-45-28(44)21-14(12-6-16(31)20(33)17(32)7-12)9-40(39-21)22-23(43)26(47-24-19(42)10-46-25(22)24)27-37-11(2)38-41(27)18-8-13(30)4-5-15(18)29(34,35)36/h4-9,19,22-26,42-43H,3,10H2,1-2H3/t19?,22?,23?,24?,25-,26-/m1/s1. The van der Waals surface area contributed by atoms with Crippen LogP contribution < -0.4 is 0 Å². The normalized spacial score (nSPS) is 24.4. The van der Waals surface area contributed by atoms with E-state index in [2.05, 4.69) is 15.2 Å². The molecule has 6 rings (SSSR count). The number of alkyl halides is 3. The molecule has 2 N–H and O–H groups in total. The third-order valence-corrected chi connectivity index (χ3v) is 7.98. The van der Waals surface area contributed by atoms with Crippen LogP contribution in [0.25, 0.3) is 16.8 Å². The van der Waals surface area contributed by atoms with Gasteiger partial charge in [-0.05, 0) is 49.7 Å². The zero-order chi connectivity index (χ0) is 33.9. The molecule has 2 aliphatic rings. The number of nitrogens with zero attached hydrogens (tertiary/aromatic N) is 5. The minimum Gasteiger partial charge on any atom is -0.461 e. The van der Waals surface area contributed by atoms with Crippen molar-refractivity contribution < 1.29 is 55.6 Å². The van der Waals surface area contributed by atoms with Crippen LogP contribution in [-0.2, 0) is 20.4 Å². The van der Waals surface area contributed by atoms with Crippen molar-refractivity contribution in [3.8, 4) is 16.8 Å². The van der Waals surface area contributed by atoms with Crippen molar-refractivity contribution in [1.29, 1.82) is 0 Å². The molecule has 2 saturated heterocycles. The number of ether oxygens (including phenoxy) is 3. The van der Waals surface area contributed by atoms with E-state index >= 15 is 0 Å². The summed E-state index contributed by atoms with van der Waals surface area (Å²) < 4.78 is 103. The molecule has 47 heavy (non-hydrogen) atoms. The van der Waals surface area contributed by atoms with Crippen molar-refractivity contribution in [2.75, 3.05) is 13.2 Å². The second-order valence-corrected chi connectivity index (χ2v) is 11.2. The molecule has 2 fully saturated rings. The van der Waals surface area contributed by atoms with E-state index in [0.29, 0.717) is 12.1 Å². The van der Waals surface area contributed by atoms with E-state index < -0.39 is 83.1 Å². The van der Waals surface area contributed by atoms with E-state index in [9.17, 15) is 41.4 Å². The summed E-state index contributed by atoms with van der Waals surface area (Å²) in [6, 6.07) is 2.74. The monoisotopic (exact) mass is 687 g/mol. The zero-order valence-electron chi connectivity index (χ0n) is 24.3. The maximum absolute atomic E-state index is 14.2. The molecule has 2 aromatic carbocycles. The van der Waals surface area contributed by atoms with E-state index in [1.54, 1.807) is 0 Å². The third kappa shape index (κ3) is 5.86. The van der Waals surface area contributed by atoms with E-state index in [4.69, 9.17) is 25.8 Å². The summed E-state index contributed by atoms with van der Waals surface area (Å²) >= 11 is 6.05. The van der Waals surface area contributed by atoms with E-state index in [1.807, 2.05) is 0 Å². The van der Waals surface area contributed by atoms with Crippen molar-refractivity contribution in [2.45, 2.75) is 56.6 Å². The molecule has 4 heterocycles. The minimum atomic E-state index is -4.85. The molecule has 250 valence electrons. The van der Waals surface area contributed by atoms with Crippen LogP contribution >= 0.6 is 11.6 Å². The van der Waals surface area contributed by atoms with Gasteiger partial charge in [0, 0.05) is 16.8 Å². The summed E-state index contributed by atoms with van der Waals surface area (Å²) in [5.74, 6) is -6.17. The number of carbonyl (C=O) groups excluding carboxylic acids is 1. The van der Waals surface area contributed by atoms with Gasteiger partial charge in [-0.3, -0.25) is 4.68 Å². The summed E-state index contributed by atoms with van der Waals surface area (Å²) in [5, 5.41) is 30.8. The number of hydrogen-bond acceptors (Lipinski definition) is 9. The average Bonchev–Trinajstić information content (AvgIpc) is 3.71. The van der Waals surface area contributed by atoms with Gasteiger partial charge in [0.2, 0.25) is 0 Å². The molecule has 0 saturated carbocycles. The smallest absolute Gasteiger partial charge is 0.418 e. The summed E-state index contributed by atoms with van der Waals surface area (Å²) in [6.45, 7) is 2.50. The van der Waals surface area contributed by atoms with Gasteiger partial charge in [0.15, 0.2) is 29.0 Å². The van der Waals surface area contributed by atoms with Gasteiger partial charge in [-0.1, -0.05) is 11.6 Å². The fraction of sp³-hybridized carbons (Fsp3) is 0.379. The highest BCUT2D eigenvalue weighted by Gasteiger charge is 2.55. The fourth-order valence-electron chi connectivity index (χ4n) is 5.75. The van der Waals surface area contributed by atoms with Crippen molar-refractivity contribution in [2.24, 2.45) is 0 Å². The van der Waals surface area contributed by atoms with Crippen LogP contribution in [0.4, 0.5) is 26.3 Å². The van der Waals surface area contributed by atoms with Gasteiger partial charge < -0.3 is 24.4 Å². The summed E-state index contributed by atoms with van der Waals surface area (Å²) in [4.78, 5) is 17.2. The number of aryl methyl sites for hydroxylation is 1. The Balaban J connectivity index is 1.50. The molecule has 11 nitrogen and oxygen atoms in total. The van der Waals surface area contributed by atoms with Crippen LogP contribution in [0.1, 0.15) is 46.8 Å². The van der Waals surface area contributed by atoms with Crippen LogP contribution in [0.3, 0.4) is 0 Å². The summed E-state index contributed by atoms with van der Waals surface area (Å²) in [7, 11) is 0. The van der Waals surface area contributed by atoms with Gasteiger partial charge in [-0.2, -0.15) is 23.4 Å². The van der Waals surface area contributed by atoms with Gasteiger partial charge in [0.25, 0.3) is 0 Å². The van der Waals surface area contributed by atoms with Gasteiger partial charge in [-0.15, -0.1) is 0 Å². The quantitative estimate of drug-likeness (QED) is 0.171. The lowest BCUT2D eigenvalue weighted by atomic mass is 9.91. The maximum Gasteiger partial charge on any atom is 0.418 e. The number of fused-ring (bicyclic) bond motifs is 1. The number of aromatic nitrogens is 5. The Morgan fingerprint density at radius 2 is 1.81 bits per heavy atom. The highest BCUT2D eigenvalue weighted by molar-refractivity contribution is 6.30. The summed E-state index contributed by atoms with van der Waals surface area (Å²) in [5.41, 5.74) is -2.61. The van der Waals surface area contributed by atoms with Gasteiger partial charge >= 0.3 is 12.1 Å². The Morgan fingerprint density at radius 3 is 2.47 bits per heavy atom. The molecule has 18 heteroatoms. The van der Waals surface area contributed by atoms with Crippen LogP contribution in [0.15, 0.2) is 36.5 Å². The molecular formula is C29H24ClF6N5O6. The lowest BCUT2D eigenvalue weighted by Crippen LogP contribution is -2.52. The second-order valence-electron chi connectivity index (χ2n) is 10.8. The molecule has 0 bridgehead atoms. The molecule has 0 radical (unpaired) electrons. The van der Waals surface area contributed by atoms with Crippen LogP contribution in [-0.4, -0.2) is 78.4 Å². The number of rotatable bonds is 6. The molecule has 6 atom stereocenters. The van der Waals surface area contributed by atoms with Crippen LogP contribution in [0, 0.1) is 24.4 Å².